The maximum absolute atomic E-state index is 12.4. The number of anilines is 1. The van der Waals surface area contributed by atoms with Gasteiger partial charge in [-0.25, -0.2) is 0 Å². The van der Waals surface area contributed by atoms with Crippen molar-refractivity contribution in [2.45, 2.75) is 25.7 Å². The summed E-state index contributed by atoms with van der Waals surface area (Å²) in [5.74, 6) is -0.454. The lowest BCUT2D eigenvalue weighted by atomic mass is 10.0. The third-order valence-electron chi connectivity index (χ3n) is 5.62. The number of carbonyl (C=O) groups excluding carboxylic acids is 2. The van der Waals surface area contributed by atoms with E-state index in [4.69, 9.17) is 4.74 Å². The van der Waals surface area contributed by atoms with E-state index < -0.39 is 0 Å². The van der Waals surface area contributed by atoms with Gasteiger partial charge in [0.15, 0.2) is 6.61 Å². The van der Waals surface area contributed by atoms with Gasteiger partial charge in [-0.05, 0) is 48.1 Å². The number of para-hydroxylation sites is 1. The van der Waals surface area contributed by atoms with Crippen molar-refractivity contribution in [2.75, 3.05) is 37.7 Å². The van der Waals surface area contributed by atoms with Crippen LogP contribution in [0.1, 0.15) is 23.1 Å². The second-order valence-corrected chi connectivity index (χ2v) is 7.50. The fourth-order valence-electron chi connectivity index (χ4n) is 4.04. The van der Waals surface area contributed by atoms with E-state index in [9.17, 15) is 9.59 Å². The van der Waals surface area contributed by atoms with Crippen LogP contribution >= 0.6 is 0 Å². The summed E-state index contributed by atoms with van der Waals surface area (Å²) in [6.07, 6.45) is 3.63. The Balaban J connectivity index is 1.22. The van der Waals surface area contributed by atoms with Crippen LogP contribution in [0, 0.1) is 0 Å². The predicted octanol–water partition coefficient (Wildman–Crippen LogP) is 2.61. The minimum Gasteiger partial charge on any atom is -0.455 e. The highest BCUT2D eigenvalue weighted by Crippen LogP contribution is 2.23. The van der Waals surface area contributed by atoms with Gasteiger partial charge in [0.2, 0.25) is 0 Å². The first-order valence-electron chi connectivity index (χ1n) is 10.0. The molecule has 5 heteroatoms. The zero-order valence-electron chi connectivity index (χ0n) is 16.1. The molecule has 1 saturated heterocycles. The molecule has 1 aliphatic heterocycles. The largest absolute Gasteiger partial charge is 0.455 e. The molecule has 2 aromatic carbocycles. The van der Waals surface area contributed by atoms with Crippen LogP contribution < -0.4 is 4.90 Å². The Bertz CT molecular complexity index is 842. The van der Waals surface area contributed by atoms with E-state index in [1.807, 2.05) is 24.3 Å². The zero-order chi connectivity index (χ0) is 19.3. The Kier molecular flexibility index (Phi) is 5.60. The summed E-state index contributed by atoms with van der Waals surface area (Å²) in [6, 6.07) is 16.4. The molecule has 0 aromatic heterocycles. The van der Waals surface area contributed by atoms with Crippen molar-refractivity contribution in [3.8, 4) is 0 Å². The number of hydrogen-bond acceptors (Lipinski definition) is 4. The first-order chi connectivity index (χ1) is 13.7. The summed E-state index contributed by atoms with van der Waals surface area (Å²) in [5.41, 5.74) is 4.88. The minimum atomic E-state index is -0.339. The quantitative estimate of drug-likeness (QED) is 0.751. The van der Waals surface area contributed by atoms with Crippen LogP contribution in [0.25, 0.3) is 0 Å². The molecule has 1 aliphatic carbocycles. The molecular weight excluding hydrogens is 352 g/mol. The van der Waals surface area contributed by atoms with Crippen molar-refractivity contribution < 1.29 is 14.3 Å². The average molecular weight is 378 g/mol. The number of esters is 1. The number of amides is 1. The predicted molar refractivity (Wildman–Crippen MR) is 108 cm³/mol. The average Bonchev–Trinajstić information content (AvgIpc) is 3.21. The monoisotopic (exact) mass is 378 g/mol. The highest BCUT2D eigenvalue weighted by molar-refractivity contribution is 5.81. The van der Waals surface area contributed by atoms with E-state index in [0.29, 0.717) is 13.1 Å². The second kappa shape index (κ2) is 8.46. The number of rotatable bonds is 5. The summed E-state index contributed by atoms with van der Waals surface area (Å²) in [7, 11) is 0. The lowest BCUT2D eigenvalue weighted by molar-refractivity contribution is -0.151. The number of benzene rings is 2. The summed E-state index contributed by atoms with van der Waals surface area (Å²) in [5, 5.41) is 0. The van der Waals surface area contributed by atoms with Crippen molar-refractivity contribution in [1.29, 1.82) is 0 Å². The van der Waals surface area contributed by atoms with E-state index in [2.05, 4.69) is 29.2 Å². The SMILES string of the molecule is O=C(Cc1ccc2c(c1)CCC2)OCC(=O)N1CCN(c2ccccc2)CC1. The van der Waals surface area contributed by atoms with Crippen molar-refractivity contribution in [3.63, 3.8) is 0 Å². The molecule has 1 amide bonds. The first kappa shape index (κ1) is 18.5. The van der Waals surface area contributed by atoms with Gasteiger partial charge in [0.05, 0.1) is 6.42 Å². The fourth-order valence-corrected chi connectivity index (χ4v) is 4.04. The molecule has 0 saturated carbocycles. The molecule has 0 N–H and O–H groups in total. The normalized spacial score (nSPS) is 16.0. The molecule has 0 bridgehead atoms. The number of fused-ring (bicyclic) bond motifs is 1. The van der Waals surface area contributed by atoms with Gasteiger partial charge >= 0.3 is 5.97 Å². The lowest BCUT2D eigenvalue weighted by Gasteiger charge is -2.36. The van der Waals surface area contributed by atoms with Crippen LogP contribution in [0.2, 0.25) is 0 Å². The lowest BCUT2D eigenvalue weighted by Crippen LogP contribution is -2.49. The number of ether oxygens (including phenoxy) is 1. The molecule has 28 heavy (non-hydrogen) atoms. The smallest absolute Gasteiger partial charge is 0.310 e. The standard InChI is InChI=1S/C23H26N2O3/c26-22(25-13-11-24(12-14-25)21-7-2-1-3-8-21)17-28-23(27)16-18-9-10-19-5-4-6-20(19)15-18/h1-3,7-10,15H,4-6,11-14,16-17H2. The summed E-state index contributed by atoms with van der Waals surface area (Å²) in [6.45, 7) is 2.71. The first-order valence-corrected chi connectivity index (χ1v) is 10.0. The Morgan fingerprint density at radius 1 is 0.893 bits per heavy atom. The molecule has 0 unspecified atom stereocenters. The molecule has 1 heterocycles. The van der Waals surface area contributed by atoms with Gasteiger partial charge in [0.25, 0.3) is 5.91 Å². The van der Waals surface area contributed by atoms with Gasteiger partial charge in [0, 0.05) is 31.9 Å². The van der Waals surface area contributed by atoms with Crippen molar-refractivity contribution in [3.05, 3.63) is 65.2 Å². The Morgan fingerprint density at radius 3 is 2.43 bits per heavy atom. The Morgan fingerprint density at radius 2 is 1.64 bits per heavy atom. The minimum absolute atomic E-state index is 0.116. The molecule has 2 aliphatic rings. The maximum atomic E-state index is 12.4. The molecule has 4 rings (SSSR count). The highest BCUT2D eigenvalue weighted by Gasteiger charge is 2.22. The van der Waals surface area contributed by atoms with Crippen LogP contribution in [-0.4, -0.2) is 49.6 Å². The van der Waals surface area contributed by atoms with E-state index in [1.54, 1.807) is 4.90 Å². The Hall–Kier alpha value is -2.82. The topological polar surface area (TPSA) is 49.9 Å². The third-order valence-corrected chi connectivity index (χ3v) is 5.62. The second-order valence-electron chi connectivity index (χ2n) is 7.50. The van der Waals surface area contributed by atoms with Crippen molar-refractivity contribution in [1.82, 2.24) is 4.90 Å². The zero-order valence-corrected chi connectivity index (χ0v) is 16.1. The van der Waals surface area contributed by atoms with Gasteiger partial charge in [-0.1, -0.05) is 36.4 Å². The summed E-state index contributed by atoms with van der Waals surface area (Å²) >= 11 is 0. The van der Waals surface area contributed by atoms with Crippen LogP contribution in [0.5, 0.6) is 0 Å². The molecule has 2 aromatic rings. The molecule has 0 radical (unpaired) electrons. The summed E-state index contributed by atoms with van der Waals surface area (Å²) in [4.78, 5) is 28.6. The van der Waals surface area contributed by atoms with Crippen molar-refractivity contribution in [2.24, 2.45) is 0 Å². The third kappa shape index (κ3) is 4.35. The number of piperazine rings is 1. The highest BCUT2D eigenvalue weighted by atomic mass is 16.5. The van der Waals surface area contributed by atoms with E-state index in [1.165, 1.54) is 23.2 Å². The van der Waals surface area contributed by atoms with Gasteiger partial charge in [0.1, 0.15) is 0 Å². The van der Waals surface area contributed by atoms with Crippen LogP contribution in [0.15, 0.2) is 48.5 Å². The van der Waals surface area contributed by atoms with Gasteiger partial charge < -0.3 is 14.5 Å². The maximum Gasteiger partial charge on any atom is 0.310 e. The van der Waals surface area contributed by atoms with E-state index in [-0.39, 0.29) is 24.9 Å². The number of aryl methyl sites for hydroxylation is 2. The van der Waals surface area contributed by atoms with Gasteiger partial charge in [-0.2, -0.15) is 0 Å². The Labute approximate surface area is 165 Å². The van der Waals surface area contributed by atoms with E-state index >= 15 is 0 Å². The molecule has 0 atom stereocenters. The van der Waals surface area contributed by atoms with Gasteiger partial charge in [-0.3, -0.25) is 9.59 Å². The van der Waals surface area contributed by atoms with Gasteiger partial charge in [-0.15, -0.1) is 0 Å². The van der Waals surface area contributed by atoms with Crippen LogP contribution in [0.3, 0.4) is 0 Å². The molecule has 0 spiro atoms. The molecule has 146 valence electrons. The van der Waals surface area contributed by atoms with Crippen LogP contribution in [-0.2, 0) is 33.6 Å². The number of nitrogens with zero attached hydrogens (tertiary/aromatic N) is 2. The molecular formula is C23H26N2O3. The van der Waals surface area contributed by atoms with Crippen LogP contribution in [0.4, 0.5) is 5.69 Å². The fraction of sp³-hybridized carbons (Fsp3) is 0.391. The summed E-state index contributed by atoms with van der Waals surface area (Å²) < 4.78 is 5.25. The number of carbonyl (C=O) groups is 2. The molecule has 1 fully saturated rings. The van der Waals surface area contributed by atoms with E-state index in [0.717, 1.165) is 31.5 Å². The van der Waals surface area contributed by atoms with Crippen molar-refractivity contribution >= 4 is 17.6 Å². The number of hydrogen-bond donors (Lipinski definition) is 0. The molecule has 5 nitrogen and oxygen atoms in total.